The van der Waals surface area contributed by atoms with E-state index in [1.807, 2.05) is 6.07 Å². The van der Waals surface area contributed by atoms with Gasteiger partial charge >= 0.3 is 5.97 Å². The number of aryl methyl sites for hydroxylation is 1. The van der Waals surface area contributed by atoms with Crippen LogP contribution in [0, 0.1) is 0 Å². The van der Waals surface area contributed by atoms with Crippen LogP contribution in [0.2, 0.25) is 0 Å². The van der Waals surface area contributed by atoms with Crippen LogP contribution in [0.5, 0.6) is 5.75 Å². The molecule has 1 saturated heterocycles. The number of benzene rings is 1. The van der Waals surface area contributed by atoms with Crippen LogP contribution in [-0.2, 0) is 12.8 Å². The van der Waals surface area contributed by atoms with Crippen molar-refractivity contribution in [1.82, 2.24) is 9.88 Å². The molecule has 2 heterocycles. The maximum Gasteiger partial charge on any atom is 0.345 e. The number of carbonyl (C=O) groups is 1. The van der Waals surface area contributed by atoms with Gasteiger partial charge in [0, 0.05) is 36.4 Å². The van der Waals surface area contributed by atoms with E-state index >= 15 is 0 Å². The third-order valence-corrected chi connectivity index (χ3v) is 5.82. The molecule has 1 aliphatic heterocycles. The molecule has 0 atom stereocenters. The monoisotopic (exact) mass is 383 g/mol. The number of aromatic hydroxyl groups is 1. The zero-order chi connectivity index (χ0) is 19.8. The number of hydrogen-bond donors (Lipinski definition) is 3. The molecule has 2 aliphatic rings. The molecule has 0 spiro atoms. The topological polar surface area (TPSA) is 96.9 Å². The van der Waals surface area contributed by atoms with Crippen molar-refractivity contribution >= 4 is 11.7 Å². The zero-order valence-corrected chi connectivity index (χ0v) is 16.0. The minimum absolute atomic E-state index is 0.404. The van der Waals surface area contributed by atoms with Crippen molar-refractivity contribution in [2.45, 2.75) is 25.7 Å². The third kappa shape index (κ3) is 3.26. The molecular weight excluding hydrogens is 358 g/mol. The molecule has 0 radical (unpaired) electrons. The van der Waals surface area contributed by atoms with E-state index in [1.54, 1.807) is 0 Å². The van der Waals surface area contributed by atoms with Crippen molar-refractivity contribution in [3.63, 3.8) is 0 Å². The summed E-state index contributed by atoms with van der Waals surface area (Å²) < 4.78 is 0. The lowest BCUT2D eigenvalue weighted by Gasteiger charge is -2.24. The number of carboxylic acids is 1. The fourth-order valence-corrected chi connectivity index (χ4v) is 4.29. The summed E-state index contributed by atoms with van der Waals surface area (Å²) in [6.45, 7) is 4.12. The fourth-order valence-electron chi connectivity index (χ4n) is 4.29. The molecule has 7 nitrogen and oxygen atoms in total. The molecule has 0 saturated carbocycles. The molecule has 4 rings (SSSR count). The van der Waals surface area contributed by atoms with Crippen LogP contribution in [0.3, 0.4) is 0 Å². The first-order valence-electron chi connectivity index (χ1n) is 9.74. The van der Waals surface area contributed by atoms with Gasteiger partial charge in [-0.05, 0) is 57.0 Å². The van der Waals surface area contributed by atoms with Crippen LogP contribution < -0.4 is 10.5 Å². The Labute approximate surface area is 163 Å². The van der Waals surface area contributed by atoms with Crippen molar-refractivity contribution in [2.24, 2.45) is 0 Å². The third-order valence-electron chi connectivity index (χ3n) is 5.82. The molecule has 3 N–H and O–H groups in total. The highest BCUT2D eigenvalue weighted by Gasteiger charge is 2.25. The van der Waals surface area contributed by atoms with Gasteiger partial charge in [-0.25, -0.2) is 4.79 Å². The lowest BCUT2D eigenvalue weighted by Crippen LogP contribution is -2.28. The van der Waals surface area contributed by atoms with E-state index < -0.39 is 22.8 Å². The highest BCUT2D eigenvalue weighted by molar-refractivity contribution is 5.92. The van der Waals surface area contributed by atoms with Gasteiger partial charge in [-0.3, -0.25) is 4.79 Å². The number of carboxylic acid groups (broad SMARTS) is 1. The number of aromatic amines is 1. The Morgan fingerprint density at radius 1 is 1.11 bits per heavy atom. The summed E-state index contributed by atoms with van der Waals surface area (Å²) in [7, 11) is 2.14. The predicted molar refractivity (Wildman–Crippen MR) is 107 cm³/mol. The number of hydrogen-bond acceptors (Lipinski definition) is 5. The average molecular weight is 383 g/mol. The first-order chi connectivity index (χ1) is 13.5. The number of nitrogens with zero attached hydrogens (tertiary/aromatic N) is 2. The molecule has 0 amide bonds. The summed E-state index contributed by atoms with van der Waals surface area (Å²) in [4.78, 5) is 31.0. The summed E-state index contributed by atoms with van der Waals surface area (Å²) in [6, 6.07) is 6.22. The van der Waals surface area contributed by atoms with Crippen molar-refractivity contribution in [3.05, 3.63) is 45.2 Å². The molecule has 0 unspecified atom stereocenters. The van der Waals surface area contributed by atoms with Gasteiger partial charge in [0.25, 0.3) is 5.56 Å². The van der Waals surface area contributed by atoms with Gasteiger partial charge in [0.2, 0.25) is 0 Å². The zero-order valence-electron chi connectivity index (χ0n) is 16.0. The van der Waals surface area contributed by atoms with Gasteiger partial charge in [0.15, 0.2) is 5.56 Å². The van der Waals surface area contributed by atoms with E-state index in [2.05, 4.69) is 34.0 Å². The number of nitrogens with one attached hydrogen (secondary N) is 1. The summed E-state index contributed by atoms with van der Waals surface area (Å²) >= 11 is 0. The second-order valence-electron chi connectivity index (χ2n) is 7.68. The minimum Gasteiger partial charge on any atom is -0.506 e. The van der Waals surface area contributed by atoms with Crippen LogP contribution >= 0.6 is 0 Å². The van der Waals surface area contributed by atoms with E-state index in [0.29, 0.717) is 17.7 Å². The van der Waals surface area contributed by atoms with Gasteiger partial charge in [0.05, 0.1) is 5.69 Å². The largest absolute Gasteiger partial charge is 0.506 e. The molecule has 1 aromatic heterocycles. The minimum atomic E-state index is -1.41. The molecule has 0 bridgehead atoms. The summed E-state index contributed by atoms with van der Waals surface area (Å²) in [5, 5.41) is 19.7. The Kier molecular flexibility index (Phi) is 4.85. The van der Waals surface area contributed by atoms with Crippen molar-refractivity contribution in [2.75, 3.05) is 38.1 Å². The smallest absolute Gasteiger partial charge is 0.345 e. The van der Waals surface area contributed by atoms with Crippen LogP contribution in [-0.4, -0.2) is 59.3 Å². The van der Waals surface area contributed by atoms with Crippen molar-refractivity contribution in [1.29, 1.82) is 0 Å². The second kappa shape index (κ2) is 7.31. The van der Waals surface area contributed by atoms with Gasteiger partial charge in [0.1, 0.15) is 5.75 Å². The molecule has 1 aromatic carbocycles. The van der Waals surface area contributed by atoms with Gasteiger partial charge in [-0.1, -0.05) is 6.07 Å². The Morgan fingerprint density at radius 2 is 1.93 bits per heavy atom. The number of pyridine rings is 1. The molecular formula is C21H25N3O4. The first kappa shape index (κ1) is 18.6. The second-order valence-corrected chi connectivity index (χ2v) is 7.68. The van der Waals surface area contributed by atoms with E-state index in [4.69, 9.17) is 0 Å². The lowest BCUT2D eigenvalue weighted by atomic mass is 9.99. The molecule has 1 fully saturated rings. The number of likely N-dealkylation sites (N-methyl/N-ethyl adjacent to an activating group) is 1. The quantitative estimate of drug-likeness (QED) is 0.735. The molecule has 1 aliphatic carbocycles. The number of fused-ring (bicyclic) bond motifs is 3. The van der Waals surface area contributed by atoms with Crippen LogP contribution in [0.1, 0.15) is 34.3 Å². The molecule has 7 heteroatoms. The molecule has 148 valence electrons. The maximum atomic E-state index is 12.2. The standard InChI is InChI=1S/C21H25N3O4/c1-23-8-3-9-24(11-10-23)14-6-7-15-13(12-14)4-2-5-16-18(15)22-20(26)17(19(16)25)21(27)28/h6-7,12H,2-5,8-11H2,1H3,(H,27,28)(H2,22,25,26). The van der Waals surface area contributed by atoms with E-state index in [0.717, 1.165) is 56.6 Å². The van der Waals surface area contributed by atoms with Crippen LogP contribution in [0.15, 0.2) is 23.0 Å². The van der Waals surface area contributed by atoms with Crippen LogP contribution in [0.4, 0.5) is 5.69 Å². The molecule has 28 heavy (non-hydrogen) atoms. The predicted octanol–water partition coefficient (Wildman–Crippen LogP) is 2.08. The number of anilines is 1. The Balaban J connectivity index is 1.77. The van der Waals surface area contributed by atoms with Crippen LogP contribution in [0.25, 0.3) is 11.3 Å². The Morgan fingerprint density at radius 3 is 2.71 bits per heavy atom. The lowest BCUT2D eigenvalue weighted by molar-refractivity contribution is 0.0691. The highest BCUT2D eigenvalue weighted by Crippen LogP contribution is 2.37. The Bertz CT molecular complexity index is 982. The normalized spacial score (nSPS) is 17.4. The van der Waals surface area contributed by atoms with Gasteiger partial charge in [-0.2, -0.15) is 0 Å². The molecule has 2 aromatic rings. The highest BCUT2D eigenvalue weighted by atomic mass is 16.4. The number of aromatic nitrogens is 1. The average Bonchev–Trinajstić information content (AvgIpc) is 2.97. The summed E-state index contributed by atoms with van der Waals surface area (Å²) in [5.74, 6) is -1.81. The van der Waals surface area contributed by atoms with E-state index in [9.17, 15) is 19.8 Å². The maximum absolute atomic E-state index is 12.2. The first-order valence-corrected chi connectivity index (χ1v) is 9.74. The summed E-state index contributed by atoms with van der Waals surface area (Å²) in [5.41, 5.74) is 2.87. The van der Waals surface area contributed by atoms with Gasteiger partial charge in [-0.15, -0.1) is 0 Å². The Hall–Kier alpha value is -2.80. The number of aromatic carboxylic acids is 1. The fraction of sp³-hybridized carbons (Fsp3) is 0.429. The summed E-state index contributed by atoms with van der Waals surface area (Å²) in [6.07, 6.45) is 3.24. The number of H-pyrrole nitrogens is 1. The van der Waals surface area contributed by atoms with E-state index in [1.165, 1.54) is 5.69 Å². The van der Waals surface area contributed by atoms with Gasteiger partial charge < -0.3 is 25.0 Å². The van der Waals surface area contributed by atoms with Crippen molar-refractivity contribution < 1.29 is 15.0 Å². The number of rotatable bonds is 2. The van der Waals surface area contributed by atoms with E-state index in [-0.39, 0.29) is 0 Å². The SMILES string of the molecule is CN1CCCN(c2ccc3c(c2)CCCc2c-3[nH]c(=O)c(C(=O)O)c2O)CC1. The van der Waals surface area contributed by atoms with Crippen molar-refractivity contribution in [3.8, 4) is 17.0 Å².